The van der Waals surface area contributed by atoms with Gasteiger partial charge in [0.15, 0.2) is 5.03 Å². The van der Waals surface area contributed by atoms with Gasteiger partial charge < -0.3 is 15.2 Å². The Morgan fingerprint density at radius 2 is 2.03 bits per heavy atom. The van der Waals surface area contributed by atoms with E-state index < -0.39 is 16.5 Å². The molecule has 0 radical (unpaired) electrons. The minimum Gasteiger partial charge on any atom is -0.475 e. The number of nitrogens with two attached hydrogens (primary N) is 2. The molecule has 4 N–H and O–H groups in total. The summed E-state index contributed by atoms with van der Waals surface area (Å²) in [5.74, 6) is 0.535. The molecule has 8 nitrogen and oxygen atoms in total. The number of rotatable bonds is 9. The first kappa shape index (κ1) is 22.4. The first-order valence-corrected chi connectivity index (χ1v) is 11.9. The van der Waals surface area contributed by atoms with Gasteiger partial charge in [-0.25, -0.2) is 14.3 Å². The van der Waals surface area contributed by atoms with E-state index in [1.165, 1.54) is 17.5 Å². The fourth-order valence-corrected chi connectivity index (χ4v) is 4.31. The number of anilines is 1. The van der Waals surface area contributed by atoms with Crippen LogP contribution in [0.1, 0.15) is 31.4 Å². The van der Waals surface area contributed by atoms with Gasteiger partial charge in [0.25, 0.3) is 0 Å². The molecule has 0 saturated heterocycles. The summed E-state index contributed by atoms with van der Waals surface area (Å²) in [4.78, 5) is 4.31. The number of hydrogen-bond acceptors (Lipinski definition) is 6. The van der Waals surface area contributed by atoms with E-state index in [0.717, 1.165) is 29.7 Å². The lowest BCUT2D eigenvalue weighted by molar-refractivity contribution is 0.0425. The molecule has 0 amide bonds. The highest BCUT2D eigenvalue weighted by Gasteiger charge is 2.22. The molecule has 0 aliphatic heterocycles. The van der Waals surface area contributed by atoms with Gasteiger partial charge in [-0.2, -0.15) is 5.10 Å². The van der Waals surface area contributed by atoms with Crippen LogP contribution in [0, 0.1) is 0 Å². The highest BCUT2D eigenvalue weighted by molar-refractivity contribution is 7.82. The molecule has 170 valence electrons. The van der Waals surface area contributed by atoms with Crippen molar-refractivity contribution < 1.29 is 13.7 Å². The molecule has 32 heavy (non-hydrogen) atoms. The zero-order valence-corrected chi connectivity index (χ0v) is 19.2. The first-order chi connectivity index (χ1) is 15.3. The van der Waals surface area contributed by atoms with Crippen LogP contribution in [-0.2, 0) is 34.1 Å². The van der Waals surface area contributed by atoms with Crippen LogP contribution in [0.3, 0.4) is 0 Å². The Balaban J connectivity index is 1.31. The van der Waals surface area contributed by atoms with Crippen LogP contribution in [0.25, 0.3) is 11.1 Å². The Morgan fingerprint density at radius 3 is 2.81 bits per heavy atom. The molecule has 1 aromatic carbocycles. The van der Waals surface area contributed by atoms with Gasteiger partial charge in [-0.15, -0.1) is 0 Å². The fourth-order valence-electron chi connectivity index (χ4n) is 3.95. The van der Waals surface area contributed by atoms with E-state index in [1.54, 1.807) is 23.1 Å². The average molecular weight is 456 g/mol. The maximum atomic E-state index is 11.4. The van der Waals surface area contributed by atoms with Crippen LogP contribution in [0.15, 0.2) is 47.8 Å². The second kappa shape index (κ2) is 9.40. The standard InChI is InChI=1S/C23H29N5O3S/c1-23(2,28-11-9-21(27-28)32(25)29)15-30-12-13-31-20-14-17(8-10-26-20)19-7-6-16-4-3-5-18(16)22(19)24/h6-11,14H,3-5,12-13,15,24-25H2,1-2H3. The van der Waals surface area contributed by atoms with Crippen LogP contribution in [0.5, 0.6) is 5.88 Å². The van der Waals surface area contributed by atoms with E-state index in [1.807, 2.05) is 26.0 Å². The molecule has 2 heterocycles. The maximum absolute atomic E-state index is 11.4. The summed E-state index contributed by atoms with van der Waals surface area (Å²) in [6.45, 7) is 5.14. The second-order valence-corrected chi connectivity index (χ2v) is 9.52. The third kappa shape index (κ3) is 4.85. The van der Waals surface area contributed by atoms with Crippen molar-refractivity contribution in [2.45, 2.75) is 43.7 Å². The fraction of sp³-hybridized carbons (Fsp3) is 0.391. The maximum Gasteiger partial charge on any atom is 0.213 e. The Labute approximate surface area is 190 Å². The number of nitrogen functional groups attached to an aromatic ring is 1. The number of pyridine rings is 1. The molecule has 3 aromatic rings. The van der Waals surface area contributed by atoms with Crippen LogP contribution >= 0.6 is 0 Å². The molecule has 4 rings (SSSR count). The lowest BCUT2D eigenvalue weighted by Gasteiger charge is -2.25. The van der Waals surface area contributed by atoms with Crippen molar-refractivity contribution in [2.75, 3.05) is 25.6 Å². The zero-order valence-electron chi connectivity index (χ0n) is 18.4. The van der Waals surface area contributed by atoms with Crippen LogP contribution in [0.4, 0.5) is 5.69 Å². The predicted molar refractivity (Wildman–Crippen MR) is 125 cm³/mol. The molecular weight excluding hydrogens is 426 g/mol. The Bertz CT molecular complexity index is 1130. The largest absolute Gasteiger partial charge is 0.475 e. The smallest absolute Gasteiger partial charge is 0.213 e. The zero-order chi connectivity index (χ0) is 22.7. The number of benzene rings is 1. The van der Waals surface area contributed by atoms with E-state index in [9.17, 15) is 4.21 Å². The summed E-state index contributed by atoms with van der Waals surface area (Å²) in [7, 11) is -1.60. The average Bonchev–Trinajstić information content (AvgIpc) is 3.45. The molecule has 9 heteroatoms. The van der Waals surface area contributed by atoms with E-state index in [-0.39, 0.29) is 0 Å². The molecule has 1 aliphatic rings. The number of aryl methyl sites for hydroxylation is 1. The number of hydrogen-bond donors (Lipinski definition) is 2. The number of aromatic nitrogens is 3. The molecule has 0 fully saturated rings. The Morgan fingerprint density at radius 1 is 1.19 bits per heavy atom. The van der Waals surface area contributed by atoms with E-state index in [0.29, 0.717) is 30.7 Å². The van der Waals surface area contributed by atoms with E-state index in [4.69, 9.17) is 20.3 Å². The minimum absolute atomic E-state index is 0.344. The summed E-state index contributed by atoms with van der Waals surface area (Å²) in [6.07, 6.45) is 6.80. The van der Waals surface area contributed by atoms with Crippen molar-refractivity contribution in [3.63, 3.8) is 0 Å². The van der Waals surface area contributed by atoms with Crippen molar-refractivity contribution in [3.05, 3.63) is 53.9 Å². The van der Waals surface area contributed by atoms with Crippen LogP contribution < -0.4 is 15.6 Å². The summed E-state index contributed by atoms with van der Waals surface area (Å²) in [5.41, 5.74) is 11.6. The van der Waals surface area contributed by atoms with E-state index in [2.05, 4.69) is 22.2 Å². The van der Waals surface area contributed by atoms with Gasteiger partial charge in [-0.1, -0.05) is 12.1 Å². The highest BCUT2D eigenvalue weighted by atomic mass is 32.2. The SMILES string of the molecule is CC(C)(COCCOc1cc(-c2ccc3c(c2N)CCC3)ccn1)n1ccc(S(N)=O)n1. The van der Waals surface area contributed by atoms with Gasteiger partial charge in [0, 0.05) is 29.7 Å². The van der Waals surface area contributed by atoms with Gasteiger partial charge in [0.1, 0.15) is 17.6 Å². The van der Waals surface area contributed by atoms with E-state index >= 15 is 0 Å². The van der Waals surface area contributed by atoms with Gasteiger partial charge in [-0.05, 0) is 61.9 Å². The molecule has 0 bridgehead atoms. The molecule has 1 atom stereocenters. The molecule has 0 saturated carbocycles. The Hall–Kier alpha value is -2.75. The number of fused-ring (bicyclic) bond motifs is 1. The molecule has 2 aromatic heterocycles. The topological polar surface area (TPSA) is 118 Å². The Kier molecular flexibility index (Phi) is 6.59. The van der Waals surface area contributed by atoms with Crippen molar-refractivity contribution in [2.24, 2.45) is 5.14 Å². The quantitative estimate of drug-likeness (QED) is 0.378. The first-order valence-electron chi connectivity index (χ1n) is 10.6. The normalized spacial score (nSPS) is 14.3. The molecule has 0 spiro atoms. The highest BCUT2D eigenvalue weighted by Crippen LogP contribution is 2.35. The summed E-state index contributed by atoms with van der Waals surface area (Å²) in [5, 5.41) is 9.98. The van der Waals surface area contributed by atoms with Gasteiger partial charge in [-0.3, -0.25) is 4.68 Å². The minimum atomic E-state index is -1.60. The summed E-state index contributed by atoms with van der Waals surface area (Å²) >= 11 is 0. The van der Waals surface area contributed by atoms with Crippen LogP contribution in [0.2, 0.25) is 0 Å². The molecule has 1 aliphatic carbocycles. The van der Waals surface area contributed by atoms with Crippen molar-refractivity contribution in [3.8, 4) is 17.0 Å². The lowest BCUT2D eigenvalue weighted by atomic mass is 9.98. The predicted octanol–water partition coefficient (Wildman–Crippen LogP) is 2.83. The third-order valence-corrected chi connectivity index (χ3v) is 6.33. The molecule has 1 unspecified atom stereocenters. The third-order valence-electron chi connectivity index (χ3n) is 5.70. The van der Waals surface area contributed by atoms with Crippen molar-refractivity contribution >= 4 is 16.7 Å². The van der Waals surface area contributed by atoms with Crippen LogP contribution in [-0.4, -0.2) is 38.8 Å². The number of ether oxygens (including phenoxy) is 2. The van der Waals surface area contributed by atoms with Gasteiger partial charge >= 0.3 is 0 Å². The van der Waals surface area contributed by atoms with Crippen molar-refractivity contribution in [1.82, 2.24) is 14.8 Å². The van der Waals surface area contributed by atoms with Crippen molar-refractivity contribution in [1.29, 1.82) is 0 Å². The summed E-state index contributed by atoms with van der Waals surface area (Å²) < 4.78 is 24.7. The molecular formula is C23H29N5O3S. The number of nitrogens with zero attached hydrogens (tertiary/aromatic N) is 3. The van der Waals surface area contributed by atoms with Gasteiger partial charge in [0.2, 0.25) is 5.88 Å². The summed E-state index contributed by atoms with van der Waals surface area (Å²) in [6, 6.07) is 9.78. The lowest BCUT2D eigenvalue weighted by Crippen LogP contribution is -2.33. The van der Waals surface area contributed by atoms with Gasteiger partial charge in [0.05, 0.1) is 18.8 Å². The second-order valence-electron chi connectivity index (χ2n) is 8.51. The monoisotopic (exact) mass is 455 g/mol.